The highest BCUT2D eigenvalue weighted by atomic mass is 79.9. The lowest BCUT2D eigenvalue weighted by Gasteiger charge is -2.06. The molecule has 4 heteroatoms. The number of hydrogen-bond acceptors (Lipinski definition) is 2. The monoisotopic (exact) mass is 329 g/mol. The summed E-state index contributed by atoms with van der Waals surface area (Å²) in [6, 6.07) is 13.2. The van der Waals surface area contributed by atoms with Crippen LogP contribution in [0.3, 0.4) is 0 Å². The topological polar surface area (TPSA) is 42.2 Å². The van der Waals surface area contributed by atoms with Crippen LogP contribution < -0.4 is 5.32 Å². The zero-order valence-electron chi connectivity index (χ0n) is 10.8. The van der Waals surface area contributed by atoms with E-state index >= 15 is 0 Å². The molecule has 1 amide bonds. The van der Waals surface area contributed by atoms with Crippen LogP contribution in [0.25, 0.3) is 11.0 Å². The number of carbonyl (C=O) groups is 1. The first-order valence-electron chi connectivity index (χ1n) is 6.19. The Hall–Kier alpha value is -2.07. The number of fused-ring (bicyclic) bond motifs is 1. The van der Waals surface area contributed by atoms with Crippen LogP contribution in [0.2, 0.25) is 0 Å². The van der Waals surface area contributed by atoms with Gasteiger partial charge in [-0.3, -0.25) is 4.79 Å². The van der Waals surface area contributed by atoms with Gasteiger partial charge >= 0.3 is 0 Å². The van der Waals surface area contributed by atoms with Gasteiger partial charge in [-0.25, -0.2) is 0 Å². The predicted octanol–water partition coefficient (Wildman–Crippen LogP) is 4.76. The lowest BCUT2D eigenvalue weighted by Crippen LogP contribution is -2.11. The highest BCUT2D eigenvalue weighted by molar-refractivity contribution is 9.10. The molecule has 0 atom stereocenters. The van der Waals surface area contributed by atoms with E-state index in [0.717, 1.165) is 21.1 Å². The van der Waals surface area contributed by atoms with Gasteiger partial charge in [-0.1, -0.05) is 40.2 Å². The van der Waals surface area contributed by atoms with Crippen LogP contribution in [-0.4, -0.2) is 5.91 Å². The standard InChI is InChI=1S/C16H12BrNO2/c1-10-6-7-11(8-14(10)17)18-16(19)13-9-20-15-5-3-2-4-12(13)15/h2-9H,1H3,(H,18,19). The molecule has 100 valence electrons. The highest BCUT2D eigenvalue weighted by Gasteiger charge is 2.13. The van der Waals surface area contributed by atoms with E-state index in [1.807, 2.05) is 49.4 Å². The summed E-state index contributed by atoms with van der Waals surface area (Å²) in [5, 5.41) is 3.69. The van der Waals surface area contributed by atoms with Crippen LogP contribution in [0.15, 0.2) is 57.6 Å². The number of halogens is 1. The van der Waals surface area contributed by atoms with Crippen LogP contribution in [0.1, 0.15) is 15.9 Å². The number of carbonyl (C=O) groups excluding carboxylic acids is 1. The highest BCUT2D eigenvalue weighted by Crippen LogP contribution is 2.24. The third kappa shape index (κ3) is 2.34. The molecule has 0 spiro atoms. The second-order valence-electron chi connectivity index (χ2n) is 4.56. The maximum absolute atomic E-state index is 12.3. The van der Waals surface area contributed by atoms with E-state index in [9.17, 15) is 4.79 Å². The van der Waals surface area contributed by atoms with Gasteiger partial charge < -0.3 is 9.73 Å². The molecule has 20 heavy (non-hydrogen) atoms. The molecular formula is C16H12BrNO2. The number of benzene rings is 2. The number of aryl methyl sites for hydroxylation is 1. The van der Waals surface area contributed by atoms with Crippen molar-refractivity contribution in [2.24, 2.45) is 0 Å². The quantitative estimate of drug-likeness (QED) is 0.736. The largest absolute Gasteiger partial charge is 0.463 e. The van der Waals surface area contributed by atoms with E-state index in [2.05, 4.69) is 21.2 Å². The molecule has 0 saturated heterocycles. The zero-order chi connectivity index (χ0) is 14.1. The molecule has 0 saturated carbocycles. The molecule has 1 aromatic heterocycles. The van der Waals surface area contributed by atoms with Crippen molar-refractivity contribution in [1.82, 2.24) is 0 Å². The molecule has 0 aliphatic heterocycles. The third-order valence-corrected chi connectivity index (χ3v) is 4.01. The maximum Gasteiger partial charge on any atom is 0.259 e. The molecule has 0 radical (unpaired) electrons. The Bertz CT molecular complexity index is 792. The van der Waals surface area contributed by atoms with Crippen molar-refractivity contribution in [3.05, 3.63) is 64.3 Å². The van der Waals surface area contributed by atoms with Crippen molar-refractivity contribution in [3.8, 4) is 0 Å². The number of furan rings is 1. The van der Waals surface area contributed by atoms with Gasteiger partial charge in [-0.05, 0) is 30.7 Å². The molecule has 2 aromatic carbocycles. The third-order valence-electron chi connectivity index (χ3n) is 3.16. The summed E-state index contributed by atoms with van der Waals surface area (Å²) >= 11 is 3.45. The minimum Gasteiger partial charge on any atom is -0.463 e. The Labute approximate surface area is 124 Å². The summed E-state index contributed by atoms with van der Waals surface area (Å²) in [6.07, 6.45) is 1.49. The van der Waals surface area contributed by atoms with Gasteiger partial charge in [0.2, 0.25) is 0 Å². The molecule has 1 N–H and O–H groups in total. The fourth-order valence-corrected chi connectivity index (χ4v) is 2.40. The lowest BCUT2D eigenvalue weighted by molar-refractivity contribution is 0.102. The number of hydrogen-bond donors (Lipinski definition) is 1. The lowest BCUT2D eigenvalue weighted by atomic mass is 10.1. The summed E-state index contributed by atoms with van der Waals surface area (Å²) in [5.41, 5.74) is 3.12. The molecule has 0 aliphatic rings. The minimum absolute atomic E-state index is 0.175. The van der Waals surface area contributed by atoms with E-state index in [1.165, 1.54) is 6.26 Å². The predicted molar refractivity (Wildman–Crippen MR) is 83.0 cm³/mol. The number of amides is 1. The van der Waals surface area contributed by atoms with Crippen molar-refractivity contribution in [2.45, 2.75) is 6.92 Å². The van der Waals surface area contributed by atoms with Gasteiger partial charge in [0, 0.05) is 15.5 Å². The van der Waals surface area contributed by atoms with Crippen LogP contribution in [0.4, 0.5) is 5.69 Å². The van der Waals surface area contributed by atoms with Gasteiger partial charge in [-0.2, -0.15) is 0 Å². The Kier molecular flexibility index (Phi) is 3.32. The minimum atomic E-state index is -0.175. The number of para-hydroxylation sites is 1. The van der Waals surface area contributed by atoms with Gasteiger partial charge in [0.1, 0.15) is 11.8 Å². The molecule has 3 aromatic rings. The summed E-state index contributed by atoms with van der Waals surface area (Å²) in [5.74, 6) is -0.175. The van der Waals surface area contributed by atoms with E-state index < -0.39 is 0 Å². The number of anilines is 1. The molecule has 3 nitrogen and oxygen atoms in total. The van der Waals surface area contributed by atoms with Crippen molar-refractivity contribution < 1.29 is 9.21 Å². The summed E-state index contributed by atoms with van der Waals surface area (Å²) in [7, 11) is 0. The zero-order valence-corrected chi connectivity index (χ0v) is 12.4. The van der Waals surface area contributed by atoms with Crippen LogP contribution in [0.5, 0.6) is 0 Å². The van der Waals surface area contributed by atoms with Gasteiger partial charge in [-0.15, -0.1) is 0 Å². The molecule has 3 rings (SSSR count). The maximum atomic E-state index is 12.3. The van der Waals surface area contributed by atoms with Crippen molar-refractivity contribution in [1.29, 1.82) is 0 Å². The fraction of sp³-hybridized carbons (Fsp3) is 0.0625. The average Bonchev–Trinajstić information content (AvgIpc) is 2.87. The molecule has 0 unspecified atom stereocenters. The summed E-state index contributed by atoms with van der Waals surface area (Å²) in [4.78, 5) is 12.3. The van der Waals surface area contributed by atoms with Crippen molar-refractivity contribution in [2.75, 3.05) is 5.32 Å². The normalized spacial score (nSPS) is 10.7. The first-order chi connectivity index (χ1) is 9.65. The average molecular weight is 330 g/mol. The Morgan fingerprint density at radius 3 is 2.80 bits per heavy atom. The first kappa shape index (κ1) is 12.9. The SMILES string of the molecule is Cc1ccc(NC(=O)c2coc3ccccc23)cc1Br. The smallest absolute Gasteiger partial charge is 0.259 e. The van der Waals surface area contributed by atoms with Crippen molar-refractivity contribution in [3.63, 3.8) is 0 Å². The van der Waals surface area contributed by atoms with Gasteiger partial charge in [0.05, 0.1) is 5.56 Å². The van der Waals surface area contributed by atoms with E-state index in [4.69, 9.17) is 4.42 Å². The molecule has 0 fully saturated rings. The van der Waals surface area contributed by atoms with Crippen LogP contribution >= 0.6 is 15.9 Å². The van der Waals surface area contributed by atoms with Crippen molar-refractivity contribution >= 4 is 38.5 Å². The summed E-state index contributed by atoms with van der Waals surface area (Å²) < 4.78 is 6.35. The van der Waals surface area contributed by atoms with E-state index in [-0.39, 0.29) is 5.91 Å². The first-order valence-corrected chi connectivity index (χ1v) is 6.98. The second-order valence-corrected chi connectivity index (χ2v) is 5.42. The van der Waals surface area contributed by atoms with Gasteiger partial charge in [0.15, 0.2) is 0 Å². The molecular weight excluding hydrogens is 318 g/mol. The molecule has 1 heterocycles. The Morgan fingerprint density at radius 1 is 1.20 bits per heavy atom. The fourth-order valence-electron chi connectivity index (χ4n) is 2.02. The Morgan fingerprint density at radius 2 is 2.00 bits per heavy atom. The van der Waals surface area contributed by atoms with Crippen LogP contribution in [0, 0.1) is 6.92 Å². The van der Waals surface area contributed by atoms with Gasteiger partial charge in [0.25, 0.3) is 5.91 Å². The number of rotatable bonds is 2. The molecule has 0 bridgehead atoms. The summed E-state index contributed by atoms with van der Waals surface area (Å²) in [6.45, 7) is 2.00. The number of nitrogens with one attached hydrogen (secondary N) is 1. The Balaban J connectivity index is 1.91. The molecule has 0 aliphatic carbocycles. The van der Waals surface area contributed by atoms with Crippen LogP contribution in [-0.2, 0) is 0 Å². The van der Waals surface area contributed by atoms with E-state index in [1.54, 1.807) is 0 Å². The second kappa shape index (κ2) is 5.13. The van der Waals surface area contributed by atoms with E-state index in [0.29, 0.717) is 11.1 Å².